The fourth-order valence-electron chi connectivity index (χ4n) is 4.51. The van der Waals surface area contributed by atoms with E-state index in [1.165, 1.54) is 5.56 Å². The number of rotatable bonds is 13. The zero-order chi connectivity index (χ0) is 26.3. The number of oxazole rings is 1. The number of hydrogen-bond acceptors (Lipinski definition) is 8. The molecule has 2 N–H and O–H groups in total. The highest BCUT2D eigenvalue weighted by Crippen LogP contribution is 2.35. The normalized spacial score (nSPS) is 15.2. The minimum Gasteiger partial charge on any atom is -0.398 e. The number of para-hydroxylation sites is 3. The topological polar surface area (TPSA) is 113 Å². The Kier molecular flexibility index (Phi) is 9.41. The summed E-state index contributed by atoms with van der Waals surface area (Å²) >= 11 is 1.03. The number of nitrogens with zero attached hydrogens (tertiary/aromatic N) is 2. The molecule has 3 aromatic rings. The van der Waals surface area contributed by atoms with Crippen LogP contribution in [0.3, 0.4) is 0 Å². The highest BCUT2D eigenvalue weighted by molar-refractivity contribution is 7.94. The molecule has 2 aromatic carbocycles. The molecule has 198 valence electrons. The SMILES string of the molecule is CCC(=Cc1oc2ccccc2[n+]1CCCSOOO)C=C1Cc2ccccc2N1CCCS(=O)(=O)O. The first-order chi connectivity index (χ1) is 17.9. The molecule has 1 aliphatic heterocycles. The molecule has 37 heavy (non-hydrogen) atoms. The lowest BCUT2D eigenvalue weighted by atomic mass is 10.1. The van der Waals surface area contributed by atoms with E-state index in [1.807, 2.05) is 48.5 Å². The third kappa shape index (κ3) is 7.22. The Morgan fingerprint density at radius 1 is 1.19 bits per heavy atom. The Balaban J connectivity index is 1.62. The van der Waals surface area contributed by atoms with Crippen molar-refractivity contribution in [1.82, 2.24) is 0 Å². The van der Waals surface area contributed by atoms with Crippen molar-refractivity contribution >= 4 is 45.0 Å². The molecule has 0 amide bonds. The number of benzene rings is 2. The van der Waals surface area contributed by atoms with Gasteiger partial charge in [0.2, 0.25) is 5.58 Å². The average molecular weight is 548 g/mol. The van der Waals surface area contributed by atoms with Crippen LogP contribution in [0.1, 0.15) is 37.6 Å². The first-order valence-electron chi connectivity index (χ1n) is 12.1. The van der Waals surface area contributed by atoms with Crippen molar-refractivity contribution in [2.24, 2.45) is 0 Å². The summed E-state index contributed by atoms with van der Waals surface area (Å²) in [6, 6.07) is 16.0. The number of allylic oxidation sites excluding steroid dienone is 3. The second-order valence-electron chi connectivity index (χ2n) is 8.68. The molecule has 0 aliphatic carbocycles. The summed E-state index contributed by atoms with van der Waals surface area (Å²) in [5, 5.41) is 12.0. The van der Waals surface area contributed by atoms with Gasteiger partial charge in [-0.15, -0.1) is 4.33 Å². The summed E-state index contributed by atoms with van der Waals surface area (Å²) in [5.74, 6) is 1.08. The zero-order valence-electron chi connectivity index (χ0n) is 20.6. The number of fused-ring (bicyclic) bond motifs is 2. The van der Waals surface area contributed by atoms with Gasteiger partial charge >= 0.3 is 5.89 Å². The molecule has 1 aromatic heterocycles. The molecule has 0 spiro atoms. The molecular weight excluding hydrogens is 516 g/mol. The van der Waals surface area contributed by atoms with Crippen LogP contribution >= 0.6 is 12.0 Å². The van der Waals surface area contributed by atoms with E-state index in [4.69, 9.17) is 9.67 Å². The van der Waals surface area contributed by atoms with Crippen LogP contribution < -0.4 is 9.47 Å². The van der Waals surface area contributed by atoms with Crippen LogP contribution in [0.25, 0.3) is 17.2 Å². The van der Waals surface area contributed by atoms with Crippen molar-refractivity contribution in [3.05, 3.63) is 77.3 Å². The van der Waals surface area contributed by atoms with E-state index in [9.17, 15) is 13.0 Å². The van der Waals surface area contributed by atoms with Gasteiger partial charge in [0, 0.05) is 54.6 Å². The molecular formula is C26H31N2O7S2+. The summed E-state index contributed by atoms with van der Waals surface area (Å²) in [5.41, 5.74) is 6.17. The molecule has 11 heteroatoms. The predicted molar refractivity (Wildman–Crippen MR) is 143 cm³/mol. The summed E-state index contributed by atoms with van der Waals surface area (Å²) in [6.45, 7) is 3.26. The van der Waals surface area contributed by atoms with Crippen molar-refractivity contribution in [3.63, 3.8) is 0 Å². The molecule has 1 aliphatic rings. The van der Waals surface area contributed by atoms with Gasteiger partial charge in [0.25, 0.3) is 15.6 Å². The first-order valence-corrected chi connectivity index (χ1v) is 14.6. The highest BCUT2D eigenvalue weighted by atomic mass is 32.2. The maximum absolute atomic E-state index is 11.3. The van der Waals surface area contributed by atoms with Gasteiger partial charge in [0.1, 0.15) is 0 Å². The molecule has 0 atom stereocenters. The second kappa shape index (κ2) is 12.7. The van der Waals surface area contributed by atoms with Gasteiger partial charge in [0.05, 0.1) is 11.8 Å². The Hall–Kier alpha value is -2.67. The lowest BCUT2D eigenvalue weighted by Crippen LogP contribution is -2.35. The van der Waals surface area contributed by atoms with E-state index in [1.54, 1.807) is 0 Å². The van der Waals surface area contributed by atoms with Crippen molar-refractivity contribution in [2.45, 2.75) is 39.2 Å². The van der Waals surface area contributed by atoms with E-state index in [0.717, 1.165) is 65.3 Å². The van der Waals surface area contributed by atoms with Crippen LogP contribution in [0.5, 0.6) is 0 Å². The van der Waals surface area contributed by atoms with E-state index in [0.29, 0.717) is 25.3 Å². The Morgan fingerprint density at radius 3 is 2.76 bits per heavy atom. The van der Waals surface area contributed by atoms with Gasteiger partial charge < -0.3 is 9.32 Å². The molecule has 4 rings (SSSR count). The minimum absolute atomic E-state index is 0.276. The Morgan fingerprint density at radius 2 is 1.97 bits per heavy atom. The lowest BCUT2D eigenvalue weighted by molar-refractivity contribution is -0.677. The van der Waals surface area contributed by atoms with E-state index in [-0.39, 0.29) is 5.75 Å². The molecule has 0 radical (unpaired) electrons. The second-order valence-corrected chi connectivity index (χ2v) is 11.0. The number of anilines is 1. The van der Waals surface area contributed by atoms with Crippen LogP contribution in [0.4, 0.5) is 5.69 Å². The first kappa shape index (κ1) is 27.4. The van der Waals surface area contributed by atoms with Crippen molar-refractivity contribution < 1.29 is 36.6 Å². The van der Waals surface area contributed by atoms with E-state index < -0.39 is 10.1 Å². The van der Waals surface area contributed by atoms with Gasteiger partial charge in [-0.1, -0.05) is 42.3 Å². The number of aryl methyl sites for hydroxylation is 1. The maximum Gasteiger partial charge on any atom is 0.374 e. The van der Waals surface area contributed by atoms with Crippen LogP contribution in [0.2, 0.25) is 0 Å². The monoisotopic (exact) mass is 547 g/mol. The van der Waals surface area contributed by atoms with Crippen molar-refractivity contribution in [3.8, 4) is 0 Å². The minimum atomic E-state index is -4.01. The highest BCUT2D eigenvalue weighted by Gasteiger charge is 2.25. The van der Waals surface area contributed by atoms with Crippen LogP contribution in [-0.2, 0) is 32.5 Å². The molecule has 0 unspecified atom stereocenters. The van der Waals surface area contributed by atoms with Crippen LogP contribution in [-0.4, -0.2) is 36.3 Å². The average Bonchev–Trinajstić information content (AvgIpc) is 3.40. The summed E-state index contributed by atoms with van der Waals surface area (Å²) < 4.78 is 44.5. The van der Waals surface area contributed by atoms with Crippen molar-refractivity contribution in [2.75, 3.05) is 23.0 Å². The smallest absolute Gasteiger partial charge is 0.374 e. The Labute approximate surface area is 220 Å². The standard InChI is InChI=1S/C26H30N2O7S2/c1-2-20(17-22-19-21-9-3-4-10-23(21)27(22)14-8-16-37(30,31)32)18-26-28(13-7-15-36-35-34-29)24-11-5-6-12-25(24)33-26/h3-6,9-12,17-18H,2,7-8,13-16,19H2,1H3,(H-,29,30,31,32)/p+1. The Bertz CT molecular complexity index is 1380. The van der Waals surface area contributed by atoms with Crippen molar-refractivity contribution in [1.29, 1.82) is 0 Å². The van der Waals surface area contributed by atoms with E-state index in [2.05, 4.69) is 37.9 Å². The van der Waals surface area contributed by atoms with Gasteiger partial charge in [0.15, 0.2) is 6.54 Å². The molecule has 0 saturated heterocycles. The molecule has 2 heterocycles. The summed E-state index contributed by atoms with van der Waals surface area (Å²) in [4.78, 5) is 2.14. The third-order valence-corrected chi connectivity index (χ3v) is 7.60. The van der Waals surface area contributed by atoms with Crippen LogP contribution in [0, 0.1) is 0 Å². The quantitative estimate of drug-likeness (QED) is 0.0744. The van der Waals surface area contributed by atoms with Gasteiger partial charge in [-0.05, 0) is 42.2 Å². The molecule has 0 fully saturated rings. The maximum atomic E-state index is 11.3. The lowest BCUT2D eigenvalue weighted by Gasteiger charge is -2.21. The third-order valence-electron chi connectivity index (χ3n) is 6.18. The van der Waals surface area contributed by atoms with E-state index >= 15 is 0 Å². The number of aromatic nitrogens is 1. The predicted octanol–water partition coefficient (Wildman–Crippen LogP) is 5.20. The molecule has 9 nitrogen and oxygen atoms in total. The molecule has 0 saturated carbocycles. The largest absolute Gasteiger partial charge is 0.398 e. The van der Waals surface area contributed by atoms with Crippen LogP contribution in [0.15, 0.2) is 70.3 Å². The fourth-order valence-corrected chi connectivity index (χ4v) is 5.37. The zero-order valence-corrected chi connectivity index (χ0v) is 22.2. The van der Waals surface area contributed by atoms with Gasteiger partial charge in [-0.3, -0.25) is 4.55 Å². The summed E-state index contributed by atoms with van der Waals surface area (Å²) in [7, 11) is -4.01. The number of hydrogen-bond donors (Lipinski definition) is 2. The van der Waals surface area contributed by atoms with Gasteiger partial charge in [-0.25, -0.2) is 5.26 Å². The fraction of sp³-hybridized carbons (Fsp3) is 0.346. The molecule has 0 bridgehead atoms. The van der Waals surface area contributed by atoms with Gasteiger partial charge in [-0.2, -0.15) is 13.0 Å². The summed E-state index contributed by atoms with van der Waals surface area (Å²) in [6.07, 6.45) is 6.79.